The van der Waals surface area contributed by atoms with E-state index in [1.165, 1.54) is 12.1 Å². The lowest BCUT2D eigenvalue weighted by molar-refractivity contribution is -0.384. The Labute approximate surface area is 157 Å². The smallest absolute Gasteiger partial charge is 0.269 e. The minimum absolute atomic E-state index is 0.00592. The summed E-state index contributed by atoms with van der Waals surface area (Å²) in [5, 5.41) is 13.8. The van der Waals surface area contributed by atoms with Crippen LogP contribution in [-0.4, -0.2) is 10.8 Å². The van der Waals surface area contributed by atoms with Crippen LogP contribution >= 0.6 is 0 Å². The Morgan fingerprint density at radius 1 is 0.963 bits per heavy atom. The first-order valence-corrected chi connectivity index (χ1v) is 8.43. The molecule has 0 spiro atoms. The highest BCUT2D eigenvalue weighted by Crippen LogP contribution is 2.24. The van der Waals surface area contributed by atoms with Crippen molar-refractivity contribution in [3.05, 3.63) is 106 Å². The monoisotopic (exact) mass is 358 g/mol. The van der Waals surface area contributed by atoms with E-state index in [4.69, 9.17) is 0 Å². The summed E-state index contributed by atoms with van der Waals surface area (Å²) in [5.41, 5.74) is 3.38. The van der Waals surface area contributed by atoms with Gasteiger partial charge in [-0.25, -0.2) is 0 Å². The van der Waals surface area contributed by atoms with E-state index in [0.29, 0.717) is 16.8 Å². The molecule has 3 rings (SSSR count). The van der Waals surface area contributed by atoms with Gasteiger partial charge in [-0.15, -0.1) is 0 Å². The molecule has 3 aromatic carbocycles. The molecule has 3 aromatic rings. The molecule has 0 radical (unpaired) electrons. The van der Waals surface area contributed by atoms with Crippen molar-refractivity contribution in [2.24, 2.45) is 0 Å². The van der Waals surface area contributed by atoms with Crippen LogP contribution in [-0.2, 0) is 4.79 Å². The number of benzene rings is 3. The Hall–Kier alpha value is -3.73. The van der Waals surface area contributed by atoms with Crippen molar-refractivity contribution in [3.8, 4) is 0 Å². The fraction of sp³-hybridized carbons (Fsp3) is 0.0455. The van der Waals surface area contributed by atoms with Crippen LogP contribution in [0.5, 0.6) is 0 Å². The zero-order valence-corrected chi connectivity index (χ0v) is 14.8. The quantitative estimate of drug-likeness (QED) is 0.299. The molecule has 1 N–H and O–H groups in total. The maximum absolute atomic E-state index is 13.0. The van der Waals surface area contributed by atoms with Gasteiger partial charge in [0.05, 0.1) is 4.92 Å². The molecule has 0 saturated carbocycles. The van der Waals surface area contributed by atoms with Gasteiger partial charge in [-0.1, -0.05) is 60.7 Å². The highest BCUT2D eigenvalue weighted by molar-refractivity contribution is 6.29. The summed E-state index contributed by atoms with van der Waals surface area (Å²) >= 11 is 0. The highest BCUT2D eigenvalue weighted by Gasteiger charge is 2.15. The number of nitro groups is 1. The largest absolute Gasteiger partial charge is 0.322 e. The van der Waals surface area contributed by atoms with Crippen molar-refractivity contribution in [2.75, 3.05) is 5.32 Å². The lowest BCUT2D eigenvalue weighted by Gasteiger charge is -2.12. The van der Waals surface area contributed by atoms with Gasteiger partial charge in [0.15, 0.2) is 0 Å². The Morgan fingerprint density at radius 2 is 1.59 bits per heavy atom. The molecule has 5 heteroatoms. The molecular formula is C22H18N2O3. The van der Waals surface area contributed by atoms with E-state index in [1.54, 1.807) is 13.0 Å². The molecule has 0 saturated heterocycles. The molecule has 0 aromatic heterocycles. The molecule has 0 bridgehead atoms. The SMILES string of the molecule is Cc1cc([N+](=O)[O-])ccc1NC(=O)/C(=C/c1ccccc1)c1ccccc1. The lowest BCUT2D eigenvalue weighted by Crippen LogP contribution is -2.14. The van der Waals surface area contributed by atoms with E-state index in [0.717, 1.165) is 11.1 Å². The van der Waals surface area contributed by atoms with E-state index < -0.39 is 4.92 Å². The number of carbonyl (C=O) groups is 1. The number of rotatable bonds is 5. The molecule has 0 aliphatic rings. The van der Waals surface area contributed by atoms with Crippen molar-refractivity contribution in [1.82, 2.24) is 0 Å². The number of nitrogens with one attached hydrogen (secondary N) is 1. The number of anilines is 1. The van der Waals surface area contributed by atoms with Gasteiger partial charge < -0.3 is 5.32 Å². The summed E-state index contributed by atoms with van der Waals surface area (Å²) in [4.78, 5) is 23.4. The number of hydrogen-bond acceptors (Lipinski definition) is 3. The summed E-state index contributed by atoms with van der Waals surface area (Å²) in [6.45, 7) is 1.73. The number of nitro benzene ring substituents is 1. The van der Waals surface area contributed by atoms with Gasteiger partial charge in [-0.3, -0.25) is 14.9 Å². The maximum atomic E-state index is 13.0. The van der Waals surface area contributed by atoms with Crippen LogP contribution in [0.3, 0.4) is 0 Å². The molecule has 27 heavy (non-hydrogen) atoms. The normalized spacial score (nSPS) is 11.1. The Morgan fingerprint density at radius 3 is 2.19 bits per heavy atom. The first kappa shape index (κ1) is 18.1. The second kappa shape index (κ2) is 8.10. The van der Waals surface area contributed by atoms with Crippen LogP contribution < -0.4 is 5.32 Å². The lowest BCUT2D eigenvalue weighted by atomic mass is 10.0. The average Bonchev–Trinajstić information content (AvgIpc) is 2.69. The van der Waals surface area contributed by atoms with Gasteiger partial charge in [0.2, 0.25) is 0 Å². The zero-order chi connectivity index (χ0) is 19.2. The summed E-state index contributed by atoms with van der Waals surface area (Å²) < 4.78 is 0. The van der Waals surface area contributed by atoms with Crippen LogP contribution in [0.1, 0.15) is 16.7 Å². The number of amides is 1. The van der Waals surface area contributed by atoms with E-state index in [-0.39, 0.29) is 11.6 Å². The fourth-order valence-electron chi connectivity index (χ4n) is 2.70. The van der Waals surface area contributed by atoms with Crippen molar-refractivity contribution >= 4 is 28.9 Å². The summed E-state index contributed by atoms with van der Waals surface area (Å²) in [6.07, 6.45) is 1.82. The molecule has 0 heterocycles. The number of carbonyl (C=O) groups excluding carboxylic acids is 1. The first-order chi connectivity index (χ1) is 13.0. The third-order valence-corrected chi connectivity index (χ3v) is 4.11. The number of non-ortho nitro benzene ring substituents is 1. The van der Waals surface area contributed by atoms with Crippen LogP contribution in [0.25, 0.3) is 11.6 Å². The standard InChI is InChI=1S/C22H18N2O3/c1-16-14-19(24(26)27)12-13-21(16)23-22(25)20(18-10-6-3-7-11-18)15-17-8-4-2-5-9-17/h2-15H,1H3,(H,23,25)/b20-15+. The molecule has 1 amide bonds. The molecule has 0 aliphatic carbocycles. The second-order valence-corrected chi connectivity index (χ2v) is 6.05. The van der Waals surface area contributed by atoms with Crippen LogP contribution in [0, 0.1) is 17.0 Å². The Balaban J connectivity index is 1.95. The van der Waals surface area contributed by atoms with Crippen LogP contribution in [0.15, 0.2) is 78.9 Å². The van der Waals surface area contributed by atoms with Crippen molar-refractivity contribution in [3.63, 3.8) is 0 Å². The van der Waals surface area contributed by atoms with Gasteiger partial charge in [-0.2, -0.15) is 0 Å². The summed E-state index contributed by atoms with van der Waals surface area (Å²) in [5.74, 6) is -0.276. The fourth-order valence-corrected chi connectivity index (χ4v) is 2.70. The van der Waals surface area contributed by atoms with Gasteiger partial charge in [0.25, 0.3) is 11.6 Å². The average molecular weight is 358 g/mol. The van der Waals surface area contributed by atoms with Crippen molar-refractivity contribution < 1.29 is 9.72 Å². The van der Waals surface area contributed by atoms with E-state index in [9.17, 15) is 14.9 Å². The second-order valence-electron chi connectivity index (χ2n) is 6.05. The number of aryl methyl sites for hydroxylation is 1. The van der Waals surface area contributed by atoms with Crippen molar-refractivity contribution in [1.29, 1.82) is 0 Å². The summed E-state index contributed by atoms with van der Waals surface area (Å²) in [7, 11) is 0. The van der Waals surface area contributed by atoms with Gasteiger partial charge in [-0.05, 0) is 35.8 Å². The van der Waals surface area contributed by atoms with E-state index in [2.05, 4.69) is 5.32 Å². The summed E-state index contributed by atoms with van der Waals surface area (Å²) in [6, 6.07) is 23.3. The Bertz CT molecular complexity index is 997. The predicted molar refractivity (Wildman–Crippen MR) is 107 cm³/mol. The molecule has 0 unspecified atom stereocenters. The van der Waals surface area contributed by atoms with Gasteiger partial charge in [0.1, 0.15) is 0 Å². The van der Waals surface area contributed by atoms with Crippen molar-refractivity contribution in [2.45, 2.75) is 6.92 Å². The molecule has 0 atom stereocenters. The third-order valence-electron chi connectivity index (χ3n) is 4.11. The van der Waals surface area contributed by atoms with E-state index in [1.807, 2.05) is 66.7 Å². The minimum Gasteiger partial charge on any atom is -0.322 e. The van der Waals surface area contributed by atoms with Crippen LogP contribution in [0.2, 0.25) is 0 Å². The van der Waals surface area contributed by atoms with Crippen LogP contribution in [0.4, 0.5) is 11.4 Å². The van der Waals surface area contributed by atoms with E-state index >= 15 is 0 Å². The molecule has 134 valence electrons. The topological polar surface area (TPSA) is 72.2 Å². The molecular weight excluding hydrogens is 340 g/mol. The molecule has 0 aliphatic heterocycles. The minimum atomic E-state index is -0.455. The Kier molecular flexibility index (Phi) is 5.42. The number of nitrogens with zero attached hydrogens (tertiary/aromatic N) is 1. The number of hydrogen-bond donors (Lipinski definition) is 1. The predicted octanol–water partition coefficient (Wildman–Crippen LogP) is 5.08. The molecule has 0 fully saturated rings. The highest BCUT2D eigenvalue weighted by atomic mass is 16.6. The first-order valence-electron chi connectivity index (χ1n) is 8.43. The van der Waals surface area contributed by atoms with Gasteiger partial charge >= 0.3 is 0 Å². The third kappa shape index (κ3) is 4.46. The molecule has 5 nitrogen and oxygen atoms in total. The zero-order valence-electron chi connectivity index (χ0n) is 14.8. The maximum Gasteiger partial charge on any atom is 0.269 e. The van der Waals surface area contributed by atoms with Gasteiger partial charge in [0, 0.05) is 23.4 Å².